The van der Waals surface area contributed by atoms with E-state index in [2.05, 4.69) is 9.97 Å². The minimum absolute atomic E-state index is 0.111. The van der Waals surface area contributed by atoms with E-state index in [-0.39, 0.29) is 5.56 Å². The molecule has 26 heavy (non-hydrogen) atoms. The van der Waals surface area contributed by atoms with Crippen LogP contribution in [0.1, 0.15) is 23.9 Å². The quantitative estimate of drug-likeness (QED) is 0.701. The molecule has 5 nitrogen and oxygen atoms in total. The number of benzene rings is 1. The van der Waals surface area contributed by atoms with Gasteiger partial charge in [-0.05, 0) is 32.9 Å². The summed E-state index contributed by atoms with van der Waals surface area (Å²) in [5.74, 6) is 0. The summed E-state index contributed by atoms with van der Waals surface area (Å²) in [6, 6.07) is 7.21. The van der Waals surface area contributed by atoms with E-state index in [1.807, 2.05) is 32.9 Å². The highest BCUT2D eigenvalue weighted by molar-refractivity contribution is 6.33. The van der Waals surface area contributed by atoms with Crippen LogP contribution in [0.4, 0.5) is 0 Å². The molecule has 6 heteroatoms. The summed E-state index contributed by atoms with van der Waals surface area (Å²) in [7, 11) is 0. The number of pyridine rings is 1. The normalized spacial score (nSPS) is 10.8. The van der Waals surface area contributed by atoms with Gasteiger partial charge in [-0.3, -0.25) is 14.8 Å². The molecular formula is C20H19ClN4O. The van der Waals surface area contributed by atoms with E-state index in [9.17, 15) is 4.79 Å². The van der Waals surface area contributed by atoms with Crippen molar-refractivity contribution in [1.29, 1.82) is 5.41 Å². The summed E-state index contributed by atoms with van der Waals surface area (Å²) < 4.78 is 1.66. The standard InChI is InChI=1S/C20H19ClN4O/c1-4-25-13(3)15(9-22)7-17(20(25)26)16-6-5-14(8-18(16)21)19-11-23-12(2)10-24-19/h5-11,22H,4H2,1-3H3. The van der Waals surface area contributed by atoms with Gasteiger partial charge in [0.2, 0.25) is 0 Å². The van der Waals surface area contributed by atoms with Crippen LogP contribution >= 0.6 is 11.6 Å². The molecule has 0 saturated carbocycles. The van der Waals surface area contributed by atoms with E-state index in [4.69, 9.17) is 17.0 Å². The zero-order chi connectivity index (χ0) is 18.8. The molecule has 0 bridgehead atoms. The van der Waals surface area contributed by atoms with Crippen LogP contribution in [0.25, 0.3) is 22.4 Å². The number of rotatable bonds is 4. The molecule has 0 radical (unpaired) electrons. The van der Waals surface area contributed by atoms with E-state index in [1.54, 1.807) is 29.1 Å². The molecule has 3 rings (SSSR count). The lowest BCUT2D eigenvalue weighted by molar-refractivity contribution is 0.701. The Kier molecular flexibility index (Phi) is 5.00. The van der Waals surface area contributed by atoms with E-state index >= 15 is 0 Å². The average Bonchev–Trinajstić information content (AvgIpc) is 2.63. The molecule has 0 spiro atoms. The summed E-state index contributed by atoms with van der Waals surface area (Å²) in [6.45, 7) is 6.17. The Balaban J connectivity index is 2.15. The van der Waals surface area contributed by atoms with Gasteiger partial charge < -0.3 is 9.98 Å². The highest BCUT2D eigenvalue weighted by Gasteiger charge is 2.15. The lowest BCUT2D eigenvalue weighted by Crippen LogP contribution is -2.24. The maximum Gasteiger partial charge on any atom is 0.258 e. The molecule has 2 aromatic heterocycles. The first kappa shape index (κ1) is 18.0. The number of aryl methyl sites for hydroxylation is 1. The van der Waals surface area contributed by atoms with Gasteiger partial charge in [-0.2, -0.15) is 0 Å². The summed E-state index contributed by atoms with van der Waals surface area (Å²) in [4.78, 5) is 21.5. The van der Waals surface area contributed by atoms with Crippen molar-refractivity contribution >= 4 is 17.8 Å². The number of nitrogens with zero attached hydrogens (tertiary/aromatic N) is 3. The van der Waals surface area contributed by atoms with Crippen LogP contribution < -0.4 is 5.56 Å². The molecule has 0 atom stereocenters. The average molecular weight is 367 g/mol. The summed E-state index contributed by atoms with van der Waals surface area (Å²) in [5.41, 5.74) is 4.90. The van der Waals surface area contributed by atoms with Crippen LogP contribution in [0.15, 0.2) is 41.5 Å². The first-order valence-electron chi connectivity index (χ1n) is 8.30. The monoisotopic (exact) mass is 366 g/mol. The Labute approximate surface area is 156 Å². The van der Waals surface area contributed by atoms with Gasteiger partial charge in [-0.1, -0.05) is 23.7 Å². The second kappa shape index (κ2) is 7.22. The first-order chi connectivity index (χ1) is 12.5. The van der Waals surface area contributed by atoms with Crippen molar-refractivity contribution < 1.29 is 0 Å². The van der Waals surface area contributed by atoms with Crippen molar-refractivity contribution in [2.24, 2.45) is 0 Å². The third-order valence-electron chi connectivity index (χ3n) is 4.41. The Morgan fingerprint density at radius 3 is 2.50 bits per heavy atom. The molecule has 1 N–H and O–H groups in total. The predicted octanol–water partition coefficient (Wildman–Crippen LogP) is 4.26. The molecule has 0 fully saturated rings. The summed E-state index contributed by atoms with van der Waals surface area (Å²) >= 11 is 6.49. The number of hydrogen-bond acceptors (Lipinski definition) is 4. The van der Waals surface area contributed by atoms with Crippen molar-refractivity contribution in [2.75, 3.05) is 0 Å². The van der Waals surface area contributed by atoms with Gasteiger partial charge in [0.15, 0.2) is 0 Å². The van der Waals surface area contributed by atoms with Crippen LogP contribution in [0, 0.1) is 19.3 Å². The van der Waals surface area contributed by atoms with Crippen molar-refractivity contribution in [3.63, 3.8) is 0 Å². The molecule has 0 aliphatic carbocycles. The predicted molar refractivity (Wildman–Crippen MR) is 105 cm³/mol. The summed E-state index contributed by atoms with van der Waals surface area (Å²) in [5, 5.41) is 8.08. The van der Waals surface area contributed by atoms with Crippen LogP contribution in [0.2, 0.25) is 5.02 Å². The minimum atomic E-state index is -0.111. The van der Waals surface area contributed by atoms with Gasteiger partial charge in [0.25, 0.3) is 5.56 Å². The second-order valence-corrected chi connectivity index (χ2v) is 6.44. The number of hydrogen-bond donors (Lipinski definition) is 1. The largest absolute Gasteiger partial charge is 0.312 e. The van der Waals surface area contributed by atoms with E-state index in [0.29, 0.717) is 28.3 Å². The zero-order valence-corrected chi connectivity index (χ0v) is 15.6. The third-order valence-corrected chi connectivity index (χ3v) is 4.72. The second-order valence-electron chi connectivity index (χ2n) is 6.03. The van der Waals surface area contributed by atoms with Crippen LogP contribution in [0.3, 0.4) is 0 Å². The molecule has 0 amide bonds. The fourth-order valence-electron chi connectivity index (χ4n) is 2.93. The SMILES string of the molecule is CCn1c(C)c(C=N)cc(-c2ccc(-c3cnc(C)cn3)cc2Cl)c1=O. The fraction of sp³-hybridized carbons (Fsp3) is 0.200. The van der Waals surface area contributed by atoms with Crippen molar-refractivity contribution in [2.45, 2.75) is 27.3 Å². The fourth-order valence-corrected chi connectivity index (χ4v) is 3.21. The highest BCUT2D eigenvalue weighted by atomic mass is 35.5. The maximum atomic E-state index is 12.8. The van der Waals surface area contributed by atoms with Crippen molar-refractivity contribution in [1.82, 2.24) is 14.5 Å². The maximum absolute atomic E-state index is 12.8. The summed E-state index contributed by atoms with van der Waals surface area (Å²) in [6.07, 6.45) is 4.66. The van der Waals surface area contributed by atoms with Crippen LogP contribution in [0.5, 0.6) is 0 Å². The van der Waals surface area contributed by atoms with Gasteiger partial charge in [0.05, 0.1) is 17.6 Å². The third kappa shape index (κ3) is 3.18. The lowest BCUT2D eigenvalue weighted by atomic mass is 10.0. The zero-order valence-electron chi connectivity index (χ0n) is 14.9. The highest BCUT2D eigenvalue weighted by Crippen LogP contribution is 2.30. The van der Waals surface area contributed by atoms with Gasteiger partial charge in [-0.15, -0.1) is 0 Å². The van der Waals surface area contributed by atoms with Gasteiger partial charge in [0, 0.05) is 51.9 Å². The Morgan fingerprint density at radius 1 is 1.15 bits per heavy atom. The van der Waals surface area contributed by atoms with Gasteiger partial charge in [0.1, 0.15) is 0 Å². The molecule has 0 unspecified atom stereocenters. The number of aromatic nitrogens is 3. The molecule has 0 saturated heterocycles. The minimum Gasteiger partial charge on any atom is -0.312 e. The molecule has 132 valence electrons. The van der Waals surface area contributed by atoms with Crippen molar-refractivity contribution in [3.8, 4) is 22.4 Å². The Bertz CT molecular complexity index is 1040. The molecule has 3 aromatic rings. The van der Waals surface area contributed by atoms with Gasteiger partial charge in [-0.25, -0.2) is 0 Å². The molecule has 0 aliphatic rings. The van der Waals surface area contributed by atoms with Crippen molar-refractivity contribution in [3.05, 3.63) is 69.0 Å². The Hall–Kier alpha value is -2.79. The van der Waals surface area contributed by atoms with E-state index in [1.165, 1.54) is 6.21 Å². The molecule has 1 aromatic carbocycles. The van der Waals surface area contributed by atoms with E-state index < -0.39 is 0 Å². The number of nitrogens with one attached hydrogen (secondary N) is 1. The lowest BCUT2D eigenvalue weighted by Gasteiger charge is -2.14. The van der Waals surface area contributed by atoms with Gasteiger partial charge >= 0.3 is 0 Å². The van der Waals surface area contributed by atoms with E-state index in [0.717, 1.165) is 22.6 Å². The molecule has 2 heterocycles. The molecular weight excluding hydrogens is 348 g/mol. The van der Waals surface area contributed by atoms with Crippen LogP contribution in [-0.4, -0.2) is 20.7 Å². The topological polar surface area (TPSA) is 71.6 Å². The first-order valence-corrected chi connectivity index (χ1v) is 8.68. The number of halogens is 1. The Morgan fingerprint density at radius 2 is 1.92 bits per heavy atom. The smallest absolute Gasteiger partial charge is 0.258 e. The molecule has 0 aliphatic heterocycles. The van der Waals surface area contributed by atoms with Crippen LogP contribution in [-0.2, 0) is 6.54 Å².